The summed E-state index contributed by atoms with van der Waals surface area (Å²) in [5.74, 6) is 0.886. The number of benzene rings is 2. The van der Waals surface area contributed by atoms with E-state index in [4.69, 9.17) is 0 Å². The van der Waals surface area contributed by atoms with Gasteiger partial charge in [-0.25, -0.2) is 4.68 Å². The molecule has 0 aliphatic carbocycles. The first-order valence-electron chi connectivity index (χ1n) is 10.6. The Hall–Kier alpha value is -3.45. The number of rotatable bonds is 10. The second-order valence-electron chi connectivity index (χ2n) is 7.50. The van der Waals surface area contributed by atoms with Gasteiger partial charge in [0.25, 0.3) is 0 Å². The number of nitrogens with one attached hydrogen (secondary N) is 1. The van der Waals surface area contributed by atoms with Crippen LogP contribution in [0.4, 0.5) is 0 Å². The zero-order valence-electron chi connectivity index (χ0n) is 17.8. The van der Waals surface area contributed by atoms with Gasteiger partial charge in [-0.05, 0) is 42.7 Å². The lowest BCUT2D eigenvalue weighted by molar-refractivity contribution is -0.118. The van der Waals surface area contributed by atoms with Gasteiger partial charge in [0.1, 0.15) is 11.6 Å². The Bertz CT molecular complexity index is 1160. The number of hydrogen-bond donors (Lipinski definition) is 1. The summed E-state index contributed by atoms with van der Waals surface area (Å²) in [7, 11) is -1.34. The Morgan fingerprint density at radius 1 is 0.938 bits per heavy atom. The zero-order chi connectivity index (χ0) is 22.2. The van der Waals surface area contributed by atoms with Gasteiger partial charge < -0.3 is 9.88 Å². The quantitative estimate of drug-likeness (QED) is 0.378. The maximum Gasteiger partial charge on any atom is 0.232 e. The van der Waals surface area contributed by atoms with Gasteiger partial charge in [-0.1, -0.05) is 48.5 Å². The molecule has 1 atom stereocenters. The minimum atomic E-state index is -1.34. The summed E-state index contributed by atoms with van der Waals surface area (Å²) in [4.78, 5) is 12.3. The van der Waals surface area contributed by atoms with Crippen molar-refractivity contribution in [2.75, 3.05) is 12.3 Å². The third-order valence-electron chi connectivity index (χ3n) is 5.08. The highest BCUT2D eigenvalue weighted by Crippen LogP contribution is 2.21. The van der Waals surface area contributed by atoms with Gasteiger partial charge in [-0.3, -0.25) is 9.00 Å². The largest absolute Gasteiger partial charge is 0.355 e. The molecular formula is C25H26N4O2S. The molecule has 2 aromatic heterocycles. The fraction of sp³-hybridized carbons (Fsp3) is 0.200. The molecule has 4 aromatic rings. The second-order valence-corrected chi connectivity index (χ2v) is 8.96. The number of carbonyl (C=O) groups excluding carboxylic acids is 1. The van der Waals surface area contributed by atoms with Crippen LogP contribution in [-0.4, -0.2) is 36.8 Å². The van der Waals surface area contributed by atoms with Crippen LogP contribution in [0.1, 0.15) is 17.5 Å². The van der Waals surface area contributed by atoms with Crippen molar-refractivity contribution in [3.63, 3.8) is 0 Å². The average Bonchev–Trinajstić information content (AvgIpc) is 3.48. The summed E-state index contributed by atoms with van der Waals surface area (Å²) in [5.41, 5.74) is 3.00. The number of amides is 1. The van der Waals surface area contributed by atoms with Crippen molar-refractivity contribution >= 4 is 16.7 Å². The van der Waals surface area contributed by atoms with Crippen LogP contribution in [0, 0.1) is 0 Å². The minimum absolute atomic E-state index is 0.0209. The highest BCUT2D eigenvalue weighted by atomic mass is 32.2. The fourth-order valence-corrected chi connectivity index (χ4v) is 4.62. The van der Waals surface area contributed by atoms with E-state index in [9.17, 15) is 9.00 Å². The lowest BCUT2D eigenvalue weighted by Gasteiger charge is -2.11. The normalized spacial score (nSPS) is 11.9. The van der Waals surface area contributed by atoms with Crippen LogP contribution < -0.4 is 5.32 Å². The van der Waals surface area contributed by atoms with E-state index in [2.05, 4.69) is 22.5 Å². The van der Waals surface area contributed by atoms with E-state index in [-0.39, 0.29) is 17.4 Å². The standard InChI is InChI=1S/C25H26N4O2S/c30-24(26-15-9-12-21-10-3-1-4-11-21)20-32(31)19-22-18-27-29(23-13-5-2-6-14-23)25(22)28-16-7-8-17-28/h1-8,10-11,13-14,16-18H,9,12,15,19-20H2,(H,26,30). The molecule has 32 heavy (non-hydrogen) atoms. The minimum Gasteiger partial charge on any atom is -0.355 e. The van der Waals surface area contributed by atoms with Crippen molar-refractivity contribution in [3.05, 3.63) is 103 Å². The van der Waals surface area contributed by atoms with Crippen molar-refractivity contribution in [1.82, 2.24) is 19.7 Å². The zero-order valence-corrected chi connectivity index (χ0v) is 18.6. The predicted octanol–water partition coefficient (Wildman–Crippen LogP) is 3.66. The first-order valence-corrected chi connectivity index (χ1v) is 12.1. The molecule has 1 amide bonds. The summed E-state index contributed by atoms with van der Waals surface area (Å²) >= 11 is 0. The van der Waals surface area contributed by atoms with E-state index in [0.29, 0.717) is 6.54 Å². The molecule has 2 aromatic carbocycles. The van der Waals surface area contributed by atoms with E-state index >= 15 is 0 Å². The van der Waals surface area contributed by atoms with Crippen molar-refractivity contribution in [3.8, 4) is 11.5 Å². The maximum absolute atomic E-state index is 12.7. The average molecular weight is 447 g/mol. The van der Waals surface area contributed by atoms with E-state index in [1.807, 2.05) is 82.3 Å². The Labute approximate surface area is 190 Å². The van der Waals surface area contributed by atoms with Crippen molar-refractivity contribution in [2.24, 2.45) is 0 Å². The monoisotopic (exact) mass is 446 g/mol. The van der Waals surface area contributed by atoms with Gasteiger partial charge in [0.2, 0.25) is 5.91 Å². The van der Waals surface area contributed by atoms with Crippen LogP contribution in [0.15, 0.2) is 91.4 Å². The van der Waals surface area contributed by atoms with Gasteiger partial charge in [-0.15, -0.1) is 0 Å². The predicted molar refractivity (Wildman–Crippen MR) is 127 cm³/mol. The number of carbonyl (C=O) groups is 1. The Kier molecular flexibility index (Phi) is 7.30. The highest BCUT2D eigenvalue weighted by Gasteiger charge is 2.17. The smallest absolute Gasteiger partial charge is 0.232 e. The SMILES string of the molecule is O=C(CS(=O)Cc1cnn(-c2ccccc2)c1-n1cccc1)NCCCc1ccccc1. The Morgan fingerprint density at radius 2 is 1.62 bits per heavy atom. The summed E-state index contributed by atoms with van der Waals surface area (Å²) in [6.45, 7) is 0.575. The van der Waals surface area contributed by atoms with Crippen LogP contribution in [-0.2, 0) is 27.8 Å². The van der Waals surface area contributed by atoms with Crippen LogP contribution in [0.3, 0.4) is 0 Å². The fourth-order valence-electron chi connectivity index (χ4n) is 3.57. The van der Waals surface area contributed by atoms with Gasteiger partial charge in [0, 0.05) is 35.3 Å². The molecule has 0 saturated heterocycles. The van der Waals surface area contributed by atoms with Crippen molar-refractivity contribution < 1.29 is 9.00 Å². The molecule has 7 heteroatoms. The lowest BCUT2D eigenvalue weighted by atomic mass is 10.1. The summed E-state index contributed by atoms with van der Waals surface area (Å²) in [6.07, 6.45) is 7.36. The van der Waals surface area contributed by atoms with E-state index in [0.717, 1.165) is 29.9 Å². The van der Waals surface area contributed by atoms with Crippen molar-refractivity contribution in [2.45, 2.75) is 18.6 Å². The topological polar surface area (TPSA) is 68.9 Å². The first kappa shape index (κ1) is 21.8. The molecule has 4 rings (SSSR count). The molecule has 0 aliphatic heterocycles. The number of hydrogen-bond acceptors (Lipinski definition) is 3. The Morgan fingerprint density at radius 3 is 2.34 bits per heavy atom. The van der Waals surface area contributed by atoms with Crippen LogP contribution in [0.2, 0.25) is 0 Å². The van der Waals surface area contributed by atoms with Crippen LogP contribution >= 0.6 is 0 Å². The number of nitrogens with zero attached hydrogens (tertiary/aromatic N) is 3. The molecular weight excluding hydrogens is 420 g/mol. The van der Waals surface area contributed by atoms with E-state index in [1.165, 1.54) is 5.56 Å². The maximum atomic E-state index is 12.7. The number of aryl methyl sites for hydroxylation is 1. The Balaban J connectivity index is 1.36. The molecule has 0 spiro atoms. The summed E-state index contributed by atoms with van der Waals surface area (Å²) in [6, 6.07) is 23.9. The van der Waals surface area contributed by atoms with Gasteiger partial charge in [-0.2, -0.15) is 5.10 Å². The van der Waals surface area contributed by atoms with Crippen molar-refractivity contribution in [1.29, 1.82) is 0 Å². The molecule has 6 nitrogen and oxygen atoms in total. The van der Waals surface area contributed by atoms with Crippen LogP contribution in [0.25, 0.3) is 11.5 Å². The summed E-state index contributed by atoms with van der Waals surface area (Å²) in [5, 5.41) is 7.41. The first-order chi connectivity index (χ1) is 15.7. The molecule has 0 fully saturated rings. The molecule has 0 radical (unpaired) electrons. The van der Waals surface area contributed by atoms with E-state index < -0.39 is 10.8 Å². The summed E-state index contributed by atoms with van der Waals surface area (Å²) < 4.78 is 16.5. The second kappa shape index (κ2) is 10.7. The van der Waals surface area contributed by atoms with Gasteiger partial charge in [0.15, 0.2) is 0 Å². The molecule has 0 bridgehead atoms. The molecule has 1 unspecified atom stereocenters. The third-order valence-corrected chi connectivity index (χ3v) is 6.30. The number of aromatic nitrogens is 3. The van der Waals surface area contributed by atoms with Gasteiger partial charge >= 0.3 is 0 Å². The lowest BCUT2D eigenvalue weighted by Crippen LogP contribution is -2.29. The molecule has 2 heterocycles. The number of para-hydroxylation sites is 1. The molecule has 1 N–H and O–H groups in total. The highest BCUT2D eigenvalue weighted by molar-refractivity contribution is 7.84. The molecule has 164 valence electrons. The molecule has 0 saturated carbocycles. The van der Waals surface area contributed by atoms with Gasteiger partial charge in [0.05, 0.1) is 17.6 Å². The molecule has 0 aliphatic rings. The third kappa shape index (κ3) is 5.62. The van der Waals surface area contributed by atoms with Crippen LogP contribution in [0.5, 0.6) is 0 Å². The van der Waals surface area contributed by atoms with E-state index in [1.54, 1.807) is 6.20 Å².